The van der Waals surface area contributed by atoms with Crippen LogP contribution in [0.15, 0.2) is 81.2 Å². The maximum absolute atomic E-state index is 12.6. The number of rotatable bonds is 5. The van der Waals surface area contributed by atoms with Crippen molar-refractivity contribution in [2.24, 2.45) is 0 Å². The highest BCUT2D eigenvalue weighted by atomic mass is 79.9. The van der Waals surface area contributed by atoms with Gasteiger partial charge in [-0.1, -0.05) is 34.1 Å². The van der Waals surface area contributed by atoms with E-state index in [2.05, 4.69) is 31.5 Å². The average molecular weight is 468 g/mol. The van der Waals surface area contributed by atoms with E-state index < -0.39 is 0 Å². The summed E-state index contributed by atoms with van der Waals surface area (Å²) in [5, 5.41) is 7.88. The van der Waals surface area contributed by atoms with Crippen LogP contribution >= 0.6 is 27.3 Å². The van der Waals surface area contributed by atoms with Crippen molar-refractivity contribution in [1.82, 2.24) is 4.98 Å². The Labute approximate surface area is 178 Å². The summed E-state index contributed by atoms with van der Waals surface area (Å²) in [6.45, 7) is 0. The van der Waals surface area contributed by atoms with Gasteiger partial charge in [-0.2, -0.15) is 0 Å². The molecular weight excluding hydrogens is 454 g/mol. The van der Waals surface area contributed by atoms with Gasteiger partial charge >= 0.3 is 0 Å². The molecule has 0 radical (unpaired) electrons. The van der Waals surface area contributed by atoms with Gasteiger partial charge in [-0.25, -0.2) is 4.98 Å². The summed E-state index contributed by atoms with van der Waals surface area (Å²) in [7, 11) is 0. The summed E-state index contributed by atoms with van der Waals surface area (Å²) < 4.78 is 6.03. The zero-order chi connectivity index (χ0) is 20.2. The Balaban J connectivity index is 1.46. The van der Waals surface area contributed by atoms with Gasteiger partial charge in [0.15, 0.2) is 10.9 Å². The molecule has 2 heterocycles. The Hall–Kier alpha value is -3.23. The molecule has 0 bridgehead atoms. The highest BCUT2D eigenvalue weighted by Gasteiger charge is 2.13. The molecule has 0 unspecified atom stereocenters. The van der Waals surface area contributed by atoms with Crippen LogP contribution in [-0.2, 0) is 0 Å². The molecule has 0 aliphatic rings. The summed E-state index contributed by atoms with van der Waals surface area (Å²) >= 11 is 4.79. The zero-order valence-electron chi connectivity index (χ0n) is 14.9. The van der Waals surface area contributed by atoms with Gasteiger partial charge in [0.2, 0.25) is 0 Å². The van der Waals surface area contributed by atoms with Gasteiger partial charge in [-0.3, -0.25) is 14.9 Å². The number of carbonyl (C=O) groups is 2. The second-order valence-corrected chi connectivity index (χ2v) is 7.79. The van der Waals surface area contributed by atoms with Crippen LogP contribution < -0.4 is 10.6 Å². The fourth-order valence-electron chi connectivity index (χ4n) is 2.62. The number of aromatic nitrogens is 1. The van der Waals surface area contributed by atoms with Crippen molar-refractivity contribution in [2.75, 3.05) is 10.6 Å². The monoisotopic (exact) mass is 467 g/mol. The number of anilines is 2. The third kappa shape index (κ3) is 4.61. The first-order chi connectivity index (χ1) is 14.1. The number of nitrogens with one attached hydrogen (secondary N) is 2. The van der Waals surface area contributed by atoms with E-state index in [-0.39, 0.29) is 17.6 Å². The van der Waals surface area contributed by atoms with E-state index in [0.717, 1.165) is 15.7 Å². The molecule has 0 spiro atoms. The van der Waals surface area contributed by atoms with Crippen LogP contribution in [0, 0.1) is 0 Å². The van der Waals surface area contributed by atoms with Gasteiger partial charge in [-0.05, 0) is 42.5 Å². The van der Waals surface area contributed by atoms with Crippen molar-refractivity contribution in [2.45, 2.75) is 0 Å². The van der Waals surface area contributed by atoms with Gasteiger partial charge in [0, 0.05) is 26.7 Å². The summed E-state index contributed by atoms with van der Waals surface area (Å²) in [6, 6.07) is 17.7. The van der Waals surface area contributed by atoms with Crippen LogP contribution in [0.1, 0.15) is 20.9 Å². The van der Waals surface area contributed by atoms with Gasteiger partial charge in [0.05, 0.1) is 12.0 Å². The molecule has 8 heteroatoms. The molecule has 0 saturated heterocycles. The molecule has 0 atom stereocenters. The van der Waals surface area contributed by atoms with E-state index in [9.17, 15) is 9.59 Å². The molecule has 144 valence electrons. The lowest BCUT2D eigenvalue weighted by atomic mass is 10.2. The van der Waals surface area contributed by atoms with Gasteiger partial charge in [-0.15, -0.1) is 11.3 Å². The molecule has 2 amide bonds. The molecular formula is C21H14BrN3O3S. The number of furan rings is 1. The van der Waals surface area contributed by atoms with E-state index >= 15 is 0 Å². The third-order valence-corrected chi connectivity index (χ3v) is 5.22. The smallest absolute Gasteiger partial charge is 0.291 e. The van der Waals surface area contributed by atoms with Gasteiger partial charge < -0.3 is 9.73 Å². The fourth-order valence-corrected chi connectivity index (χ4v) is 3.73. The molecule has 0 fully saturated rings. The summed E-state index contributed by atoms with van der Waals surface area (Å²) in [6.07, 6.45) is 1.43. The number of benzene rings is 2. The first-order valence-electron chi connectivity index (χ1n) is 8.56. The minimum absolute atomic E-state index is 0.197. The Morgan fingerprint density at radius 2 is 1.83 bits per heavy atom. The lowest BCUT2D eigenvalue weighted by Gasteiger charge is -2.06. The molecule has 6 nitrogen and oxygen atoms in total. The van der Waals surface area contributed by atoms with Crippen molar-refractivity contribution in [1.29, 1.82) is 0 Å². The maximum Gasteiger partial charge on any atom is 0.291 e. The second-order valence-electron chi connectivity index (χ2n) is 6.01. The predicted octanol–water partition coefficient (Wildman–Crippen LogP) is 5.67. The number of halogens is 1. The molecule has 0 saturated carbocycles. The number of nitrogens with zero attached hydrogens (tertiary/aromatic N) is 1. The SMILES string of the molecule is O=C(Nc1nc(-c2cccc(Br)c2)cs1)c1cccc(NC(=O)c2ccco2)c1. The van der Waals surface area contributed by atoms with E-state index in [1.165, 1.54) is 17.6 Å². The summed E-state index contributed by atoms with van der Waals surface area (Å²) in [5.41, 5.74) is 2.64. The molecule has 4 rings (SSSR count). The highest BCUT2D eigenvalue weighted by Crippen LogP contribution is 2.27. The summed E-state index contributed by atoms with van der Waals surface area (Å²) in [5.74, 6) is -0.497. The number of thiazole rings is 1. The first-order valence-corrected chi connectivity index (χ1v) is 10.2. The van der Waals surface area contributed by atoms with Gasteiger partial charge in [0.25, 0.3) is 11.8 Å². The Morgan fingerprint density at radius 3 is 2.62 bits per heavy atom. The molecule has 4 aromatic rings. The summed E-state index contributed by atoms with van der Waals surface area (Å²) in [4.78, 5) is 29.2. The topological polar surface area (TPSA) is 84.2 Å². The minimum atomic E-state index is -0.383. The molecule has 0 aliphatic heterocycles. The number of hydrogen-bond donors (Lipinski definition) is 2. The van der Waals surface area contributed by atoms with Crippen LogP contribution in [-0.4, -0.2) is 16.8 Å². The van der Waals surface area contributed by atoms with E-state index in [1.54, 1.807) is 36.4 Å². The van der Waals surface area contributed by atoms with Crippen LogP contribution in [0.4, 0.5) is 10.8 Å². The second kappa shape index (κ2) is 8.42. The van der Waals surface area contributed by atoms with E-state index in [0.29, 0.717) is 16.4 Å². The van der Waals surface area contributed by atoms with Crippen molar-refractivity contribution in [3.8, 4) is 11.3 Å². The molecule has 0 aliphatic carbocycles. The lowest BCUT2D eigenvalue weighted by Crippen LogP contribution is -2.14. The normalized spacial score (nSPS) is 10.5. The Kier molecular flexibility index (Phi) is 5.55. The van der Waals surface area contributed by atoms with Crippen molar-refractivity contribution < 1.29 is 14.0 Å². The largest absolute Gasteiger partial charge is 0.459 e. The minimum Gasteiger partial charge on any atom is -0.459 e. The van der Waals surface area contributed by atoms with Crippen molar-refractivity contribution >= 4 is 49.9 Å². The molecule has 29 heavy (non-hydrogen) atoms. The van der Waals surface area contributed by atoms with E-state index in [1.807, 2.05) is 29.6 Å². The van der Waals surface area contributed by atoms with Crippen LogP contribution in [0.3, 0.4) is 0 Å². The third-order valence-electron chi connectivity index (χ3n) is 3.97. The Morgan fingerprint density at radius 1 is 0.966 bits per heavy atom. The molecule has 2 aromatic carbocycles. The van der Waals surface area contributed by atoms with Gasteiger partial charge in [0.1, 0.15) is 0 Å². The standard InChI is InChI=1S/C21H14BrN3O3S/c22-15-6-1-4-13(10-15)17-12-29-21(24-17)25-19(26)14-5-2-7-16(11-14)23-20(27)18-8-3-9-28-18/h1-12H,(H,23,27)(H,24,25,26). The van der Waals surface area contributed by atoms with Crippen LogP contribution in [0.5, 0.6) is 0 Å². The zero-order valence-corrected chi connectivity index (χ0v) is 17.3. The van der Waals surface area contributed by atoms with Crippen molar-refractivity contribution in [3.05, 3.63) is 88.1 Å². The van der Waals surface area contributed by atoms with E-state index in [4.69, 9.17) is 4.42 Å². The molecule has 2 N–H and O–H groups in total. The number of hydrogen-bond acceptors (Lipinski definition) is 5. The lowest BCUT2D eigenvalue weighted by molar-refractivity contribution is 0.0993. The highest BCUT2D eigenvalue weighted by molar-refractivity contribution is 9.10. The molecule has 2 aromatic heterocycles. The fraction of sp³-hybridized carbons (Fsp3) is 0. The number of amides is 2. The van der Waals surface area contributed by atoms with Crippen LogP contribution in [0.2, 0.25) is 0 Å². The maximum atomic E-state index is 12.6. The first kappa shape index (κ1) is 19.1. The quantitative estimate of drug-likeness (QED) is 0.395. The number of carbonyl (C=O) groups excluding carboxylic acids is 2. The van der Waals surface area contributed by atoms with Crippen LogP contribution in [0.25, 0.3) is 11.3 Å². The predicted molar refractivity (Wildman–Crippen MR) is 116 cm³/mol. The van der Waals surface area contributed by atoms with Crippen molar-refractivity contribution in [3.63, 3.8) is 0 Å². The average Bonchev–Trinajstić information content (AvgIpc) is 3.40. The Bertz CT molecular complexity index is 1170.